The zero-order valence-electron chi connectivity index (χ0n) is 13.4. The molecule has 1 N–H and O–H groups in total. The molecule has 2 rings (SSSR count). The van der Waals surface area contributed by atoms with Crippen molar-refractivity contribution in [2.75, 3.05) is 13.7 Å². The van der Waals surface area contributed by atoms with E-state index in [1.54, 1.807) is 7.11 Å². The molecule has 1 saturated carbocycles. The van der Waals surface area contributed by atoms with E-state index in [0.717, 1.165) is 24.1 Å². The van der Waals surface area contributed by atoms with Crippen molar-refractivity contribution in [1.29, 1.82) is 0 Å². The minimum absolute atomic E-state index is 0.351. The summed E-state index contributed by atoms with van der Waals surface area (Å²) in [6, 6.07) is 6.77. The molecular weight excluding hydrogens is 246 g/mol. The third kappa shape index (κ3) is 3.99. The number of methoxy groups -OCH3 is 1. The lowest BCUT2D eigenvalue weighted by Gasteiger charge is -2.28. The fourth-order valence-electron chi connectivity index (χ4n) is 3.18. The molecule has 0 saturated heterocycles. The molecule has 1 aromatic rings. The first-order valence-corrected chi connectivity index (χ1v) is 7.98. The Morgan fingerprint density at radius 3 is 2.60 bits per heavy atom. The van der Waals surface area contributed by atoms with Crippen molar-refractivity contribution in [2.45, 2.75) is 52.5 Å². The molecule has 1 atom stereocenters. The van der Waals surface area contributed by atoms with Gasteiger partial charge in [0.15, 0.2) is 0 Å². The molecule has 0 amide bonds. The Balaban J connectivity index is 1.91. The van der Waals surface area contributed by atoms with Crippen LogP contribution in [0.1, 0.15) is 56.7 Å². The molecule has 2 heteroatoms. The van der Waals surface area contributed by atoms with Gasteiger partial charge >= 0.3 is 0 Å². The predicted molar refractivity (Wildman–Crippen MR) is 85.3 cm³/mol. The van der Waals surface area contributed by atoms with Gasteiger partial charge in [-0.1, -0.05) is 37.5 Å². The summed E-state index contributed by atoms with van der Waals surface area (Å²) in [5.74, 6) is 2.78. The molecule has 0 bridgehead atoms. The van der Waals surface area contributed by atoms with E-state index >= 15 is 0 Å². The Bertz CT molecular complexity index is 421. The number of ether oxygens (including phenoxy) is 1. The van der Waals surface area contributed by atoms with E-state index in [2.05, 4.69) is 44.3 Å². The molecule has 1 aliphatic rings. The van der Waals surface area contributed by atoms with Gasteiger partial charge in [0.1, 0.15) is 5.75 Å². The van der Waals surface area contributed by atoms with Gasteiger partial charge in [-0.2, -0.15) is 0 Å². The van der Waals surface area contributed by atoms with Crippen LogP contribution in [-0.2, 0) is 0 Å². The maximum atomic E-state index is 5.49. The van der Waals surface area contributed by atoms with Crippen molar-refractivity contribution in [3.63, 3.8) is 0 Å². The van der Waals surface area contributed by atoms with Gasteiger partial charge < -0.3 is 10.1 Å². The van der Waals surface area contributed by atoms with Gasteiger partial charge in [0.25, 0.3) is 0 Å². The summed E-state index contributed by atoms with van der Waals surface area (Å²) in [5.41, 5.74) is 2.57. The van der Waals surface area contributed by atoms with Gasteiger partial charge in [-0.05, 0) is 51.1 Å². The van der Waals surface area contributed by atoms with Gasteiger partial charge in [0.2, 0.25) is 0 Å². The van der Waals surface area contributed by atoms with Crippen LogP contribution in [0.4, 0.5) is 0 Å². The normalized spacial score (nSPS) is 24.4. The Morgan fingerprint density at radius 2 is 1.95 bits per heavy atom. The highest BCUT2D eigenvalue weighted by Crippen LogP contribution is 2.29. The van der Waals surface area contributed by atoms with Crippen LogP contribution < -0.4 is 10.1 Å². The largest absolute Gasteiger partial charge is 0.496 e. The summed E-state index contributed by atoms with van der Waals surface area (Å²) in [6.07, 6.45) is 5.56. The van der Waals surface area contributed by atoms with Crippen LogP contribution in [0.5, 0.6) is 5.75 Å². The van der Waals surface area contributed by atoms with Gasteiger partial charge in [0.05, 0.1) is 7.11 Å². The van der Waals surface area contributed by atoms with Crippen LogP contribution in [0.15, 0.2) is 18.2 Å². The molecular formula is C18H29NO. The maximum Gasteiger partial charge on any atom is 0.123 e. The molecule has 0 spiro atoms. The van der Waals surface area contributed by atoms with Crippen LogP contribution in [0.25, 0.3) is 0 Å². The van der Waals surface area contributed by atoms with Gasteiger partial charge in [-0.3, -0.25) is 0 Å². The Hall–Kier alpha value is -1.02. The number of aryl methyl sites for hydroxylation is 1. The van der Waals surface area contributed by atoms with E-state index in [4.69, 9.17) is 4.74 Å². The standard InChI is InChI=1S/C18H29NO/c1-13-5-8-16(9-6-13)12-19-15(3)17-11-14(2)7-10-18(17)20-4/h7,10-11,13,15-16,19H,5-6,8-9,12H2,1-4H3. The van der Waals surface area contributed by atoms with Crippen LogP contribution in [0.3, 0.4) is 0 Å². The van der Waals surface area contributed by atoms with E-state index in [1.807, 2.05) is 0 Å². The molecule has 0 heterocycles. The van der Waals surface area contributed by atoms with Crippen LogP contribution in [0, 0.1) is 18.8 Å². The lowest BCUT2D eigenvalue weighted by Crippen LogP contribution is -2.28. The highest BCUT2D eigenvalue weighted by Gasteiger charge is 2.19. The third-order valence-corrected chi connectivity index (χ3v) is 4.70. The summed E-state index contributed by atoms with van der Waals surface area (Å²) in [6.45, 7) is 7.88. The zero-order chi connectivity index (χ0) is 14.5. The fourth-order valence-corrected chi connectivity index (χ4v) is 3.18. The van der Waals surface area contributed by atoms with Crippen LogP contribution >= 0.6 is 0 Å². The first kappa shape index (κ1) is 15.4. The minimum atomic E-state index is 0.351. The molecule has 0 radical (unpaired) electrons. The van der Waals surface area contributed by atoms with Gasteiger partial charge in [0, 0.05) is 11.6 Å². The summed E-state index contributed by atoms with van der Waals surface area (Å²) < 4.78 is 5.49. The predicted octanol–water partition coefficient (Wildman–Crippen LogP) is 4.48. The number of hydrogen-bond donors (Lipinski definition) is 1. The fraction of sp³-hybridized carbons (Fsp3) is 0.667. The number of benzene rings is 1. The van der Waals surface area contributed by atoms with Gasteiger partial charge in [-0.15, -0.1) is 0 Å². The SMILES string of the molecule is COc1ccc(C)cc1C(C)NCC1CCC(C)CC1. The second-order valence-electron chi connectivity index (χ2n) is 6.50. The summed E-state index contributed by atoms with van der Waals surface area (Å²) >= 11 is 0. The zero-order valence-corrected chi connectivity index (χ0v) is 13.4. The Kier molecular flexibility index (Phi) is 5.47. The Labute approximate surface area is 123 Å². The molecule has 1 aliphatic carbocycles. The van der Waals surface area contributed by atoms with Crippen molar-refractivity contribution in [3.05, 3.63) is 29.3 Å². The van der Waals surface area contributed by atoms with Crippen molar-refractivity contribution in [2.24, 2.45) is 11.8 Å². The first-order valence-electron chi connectivity index (χ1n) is 7.98. The van der Waals surface area contributed by atoms with Gasteiger partial charge in [-0.25, -0.2) is 0 Å². The maximum absolute atomic E-state index is 5.49. The average Bonchev–Trinajstić information content (AvgIpc) is 2.46. The molecule has 0 aromatic heterocycles. The topological polar surface area (TPSA) is 21.3 Å². The lowest BCUT2D eigenvalue weighted by molar-refractivity contribution is 0.275. The van der Waals surface area contributed by atoms with E-state index < -0.39 is 0 Å². The molecule has 20 heavy (non-hydrogen) atoms. The highest BCUT2D eigenvalue weighted by molar-refractivity contribution is 5.38. The number of nitrogens with one attached hydrogen (secondary N) is 1. The first-order chi connectivity index (χ1) is 9.60. The number of rotatable bonds is 5. The summed E-state index contributed by atoms with van der Waals surface area (Å²) in [4.78, 5) is 0. The third-order valence-electron chi connectivity index (χ3n) is 4.70. The van der Waals surface area contributed by atoms with Crippen molar-refractivity contribution < 1.29 is 4.74 Å². The molecule has 1 aromatic carbocycles. The number of hydrogen-bond acceptors (Lipinski definition) is 2. The van der Waals surface area contributed by atoms with Crippen LogP contribution in [0.2, 0.25) is 0 Å². The van der Waals surface area contributed by atoms with Crippen molar-refractivity contribution in [1.82, 2.24) is 5.32 Å². The van der Waals surface area contributed by atoms with Crippen LogP contribution in [-0.4, -0.2) is 13.7 Å². The van der Waals surface area contributed by atoms with Crippen molar-refractivity contribution in [3.8, 4) is 5.75 Å². The molecule has 1 unspecified atom stereocenters. The van der Waals surface area contributed by atoms with E-state index in [9.17, 15) is 0 Å². The highest BCUT2D eigenvalue weighted by atomic mass is 16.5. The molecule has 1 fully saturated rings. The lowest BCUT2D eigenvalue weighted by atomic mass is 9.83. The van der Waals surface area contributed by atoms with E-state index in [1.165, 1.54) is 36.8 Å². The quantitative estimate of drug-likeness (QED) is 0.855. The molecule has 2 nitrogen and oxygen atoms in total. The van der Waals surface area contributed by atoms with E-state index in [-0.39, 0.29) is 0 Å². The second kappa shape index (κ2) is 7.12. The molecule has 112 valence electrons. The van der Waals surface area contributed by atoms with Crippen molar-refractivity contribution >= 4 is 0 Å². The summed E-state index contributed by atoms with van der Waals surface area (Å²) in [5, 5.41) is 3.71. The summed E-state index contributed by atoms with van der Waals surface area (Å²) in [7, 11) is 1.75. The van der Waals surface area contributed by atoms with E-state index in [0.29, 0.717) is 6.04 Å². The minimum Gasteiger partial charge on any atom is -0.496 e. The second-order valence-corrected chi connectivity index (χ2v) is 6.50. The Morgan fingerprint density at radius 1 is 1.25 bits per heavy atom. The smallest absolute Gasteiger partial charge is 0.123 e. The molecule has 0 aliphatic heterocycles. The average molecular weight is 275 g/mol. The monoisotopic (exact) mass is 275 g/mol.